The van der Waals surface area contributed by atoms with Crippen molar-refractivity contribution in [3.63, 3.8) is 0 Å². The minimum atomic E-state index is -5.41. The number of unbranched alkanes of at least 4 members (excludes halogenated alkanes) is 2. The van der Waals surface area contributed by atoms with Crippen molar-refractivity contribution in [2.75, 3.05) is 6.61 Å². The van der Waals surface area contributed by atoms with Gasteiger partial charge in [-0.05, 0) is 59.9 Å². The van der Waals surface area contributed by atoms with E-state index in [0.29, 0.717) is 42.3 Å². The second-order valence-corrected chi connectivity index (χ2v) is 10.0. The lowest BCUT2D eigenvalue weighted by atomic mass is 9.98. The van der Waals surface area contributed by atoms with E-state index in [4.69, 9.17) is 4.74 Å². The third kappa shape index (κ3) is 8.61. The van der Waals surface area contributed by atoms with Gasteiger partial charge in [0.1, 0.15) is 23.2 Å². The number of ether oxygens (including phenoxy) is 3. The highest BCUT2D eigenvalue weighted by Gasteiger charge is 2.35. The van der Waals surface area contributed by atoms with Crippen molar-refractivity contribution in [3.8, 4) is 39.5 Å². The molecule has 0 aliphatic heterocycles. The molecule has 4 rings (SSSR count). The Balaban J connectivity index is 1.48. The predicted octanol–water partition coefficient (Wildman–Crippen LogP) is 10.5. The average molecular weight is 665 g/mol. The Morgan fingerprint density at radius 2 is 1.24 bits per heavy atom. The highest BCUT2D eigenvalue weighted by Crippen LogP contribution is 2.37. The maximum Gasteiger partial charge on any atom is 0.573 e. The van der Waals surface area contributed by atoms with Crippen LogP contribution >= 0.6 is 0 Å². The number of alkyl halides is 5. The monoisotopic (exact) mass is 664 g/mol. The van der Waals surface area contributed by atoms with E-state index in [9.17, 15) is 48.3 Å². The zero-order chi connectivity index (χ0) is 33.8. The van der Waals surface area contributed by atoms with Crippen LogP contribution in [0.1, 0.15) is 31.7 Å². The molecule has 0 aliphatic rings. The van der Waals surface area contributed by atoms with Crippen LogP contribution in [0.3, 0.4) is 0 Å². The van der Waals surface area contributed by atoms with Crippen molar-refractivity contribution >= 4 is 0 Å². The van der Waals surface area contributed by atoms with Crippen molar-refractivity contribution in [2.45, 2.75) is 45.1 Å². The molecule has 3 nitrogen and oxygen atoms in total. The molecule has 14 heteroatoms. The molecule has 4 aromatic rings. The summed E-state index contributed by atoms with van der Waals surface area (Å²) in [4.78, 5) is 0. The molecular formula is C32H23F11O3. The largest absolute Gasteiger partial charge is 0.573 e. The molecule has 0 aromatic heterocycles. The van der Waals surface area contributed by atoms with E-state index in [1.807, 2.05) is 6.92 Å². The van der Waals surface area contributed by atoms with Crippen molar-refractivity contribution in [2.24, 2.45) is 0 Å². The number of halogens is 11. The van der Waals surface area contributed by atoms with Crippen LogP contribution in [-0.4, -0.2) is 19.1 Å². The molecule has 0 N–H and O–H groups in total. The van der Waals surface area contributed by atoms with E-state index >= 15 is 0 Å². The first-order valence-electron chi connectivity index (χ1n) is 13.6. The molecule has 0 saturated heterocycles. The normalized spacial score (nSPS) is 11.9. The van der Waals surface area contributed by atoms with Crippen molar-refractivity contribution in [1.82, 2.24) is 0 Å². The van der Waals surface area contributed by atoms with Crippen LogP contribution in [0.15, 0.2) is 60.7 Å². The molecule has 0 heterocycles. The topological polar surface area (TPSA) is 27.7 Å². The highest BCUT2D eigenvalue weighted by atomic mass is 19.4. The molecule has 0 aliphatic carbocycles. The standard InChI is InChI=1S/C32H23F11O3/c1-2-3-4-5-17-6-9-28(23(34)10-17)44-16-31(39,40)45-20-14-24(35)29(25(36)15-20)18-7-8-21(22(33)11-18)19-12-26(37)30(27(38)13-19)46-32(41,42)43/h6-15H,2-5,16H2,1H3. The second kappa shape index (κ2) is 13.9. The quantitative estimate of drug-likeness (QED) is 0.111. The second-order valence-electron chi connectivity index (χ2n) is 10.0. The molecule has 0 atom stereocenters. The van der Waals surface area contributed by atoms with Crippen molar-refractivity contribution in [3.05, 3.63) is 101 Å². The molecule has 46 heavy (non-hydrogen) atoms. The first kappa shape index (κ1) is 34.4. The third-order valence-electron chi connectivity index (χ3n) is 6.53. The summed E-state index contributed by atoms with van der Waals surface area (Å²) in [5.74, 6) is -11.9. The van der Waals surface area contributed by atoms with E-state index < -0.39 is 93.5 Å². The van der Waals surface area contributed by atoms with Crippen LogP contribution in [-0.2, 0) is 6.42 Å². The fourth-order valence-corrected chi connectivity index (χ4v) is 4.48. The Hall–Kier alpha value is -4.49. The first-order valence-corrected chi connectivity index (χ1v) is 13.6. The molecule has 0 amide bonds. The van der Waals surface area contributed by atoms with Gasteiger partial charge in [0, 0.05) is 17.7 Å². The molecule has 0 unspecified atom stereocenters. The number of hydrogen-bond donors (Lipinski definition) is 0. The Bertz CT molecular complexity index is 1660. The smallest absolute Gasteiger partial charge is 0.480 e. The number of rotatable bonds is 12. The number of benzene rings is 4. The molecule has 0 fully saturated rings. The van der Waals surface area contributed by atoms with Gasteiger partial charge < -0.3 is 14.2 Å². The summed E-state index contributed by atoms with van der Waals surface area (Å²) in [5.41, 5.74) is -1.82. The summed E-state index contributed by atoms with van der Waals surface area (Å²) < 4.78 is 166. The lowest BCUT2D eigenvalue weighted by Crippen LogP contribution is -2.32. The zero-order valence-corrected chi connectivity index (χ0v) is 23.7. The number of hydrogen-bond acceptors (Lipinski definition) is 3. The molecule has 246 valence electrons. The molecular weight excluding hydrogens is 641 g/mol. The van der Waals surface area contributed by atoms with Gasteiger partial charge >= 0.3 is 12.5 Å². The third-order valence-corrected chi connectivity index (χ3v) is 6.53. The van der Waals surface area contributed by atoms with Gasteiger partial charge in [-0.15, -0.1) is 13.2 Å². The maximum absolute atomic E-state index is 14.9. The van der Waals surface area contributed by atoms with E-state index in [2.05, 4.69) is 9.47 Å². The van der Waals surface area contributed by atoms with Gasteiger partial charge in [0.2, 0.25) is 5.75 Å². The van der Waals surface area contributed by atoms with Crippen molar-refractivity contribution in [1.29, 1.82) is 0 Å². The first-order chi connectivity index (χ1) is 21.6. The van der Waals surface area contributed by atoms with Crippen molar-refractivity contribution < 1.29 is 62.5 Å². The van der Waals surface area contributed by atoms with Gasteiger partial charge in [-0.3, -0.25) is 0 Å². The van der Waals surface area contributed by atoms with Crippen LogP contribution in [0.2, 0.25) is 0 Å². The average Bonchev–Trinajstić information content (AvgIpc) is 2.93. The zero-order valence-electron chi connectivity index (χ0n) is 23.7. The summed E-state index contributed by atoms with van der Waals surface area (Å²) in [6, 6.07) is 7.65. The van der Waals surface area contributed by atoms with Crippen LogP contribution in [0.25, 0.3) is 22.3 Å². The van der Waals surface area contributed by atoms with Gasteiger partial charge in [0.05, 0.1) is 5.56 Å². The van der Waals surface area contributed by atoms with Gasteiger partial charge in [-0.2, -0.15) is 8.78 Å². The summed E-state index contributed by atoms with van der Waals surface area (Å²) in [6.07, 6.45) is -6.28. The fourth-order valence-electron chi connectivity index (χ4n) is 4.48. The van der Waals surface area contributed by atoms with E-state index in [-0.39, 0.29) is 0 Å². The summed E-state index contributed by atoms with van der Waals surface area (Å²) in [5, 5.41) is 0. The van der Waals surface area contributed by atoms with Crippen LogP contribution < -0.4 is 14.2 Å². The van der Waals surface area contributed by atoms with Gasteiger partial charge in [-0.25, -0.2) is 26.3 Å². The van der Waals surface area contributed by atoms with Gasteiger partial charge in [0.15, 0.2) is 29.8 Å². The summed E-state index contributed by atoms with van der Waals surface area (Å²) in [6.45, 7) is 0.490. The molecule has 4 aromatic carbocycles. The summed E-state index contributed by atoms with van der Waals surface area (Å²) in [7, 11) is 0. The maximum atomic E-state index is 14.9. The lowest BCUT2D eigenvalue weighted by molar-refractivity contribution is -0.276. The van der Waals surface area contributed by atoms with E-state index in [1.54, 1.807) is 0 Å². The minimum Gasteiger partial charge on any atom is -0.480 e. The lowest BCUT2D eigenvalue weighted by Gasteiger charge is -2.19. The van der Waals surface area contributed by atoms with Crippen LogP contribution in [0, 0.1) is 34.9 Å². The molecule has 0 spiro atoms. The molecule has 0 bridgehead atoms. The van der Waals surface area contributed by atoms with E-state index in [1.165, 1.54) is 12.1 Å². The highest BCUT2D eigenvalue weighted by molar-refractivity contribution is 5.72. The van der Waals surface area contributed by atoms with E-state index in [0.717, 1.165) is 37.5 Å². The SMILES string of the molecule is CCCCCc1ccc(OCC(F)(F)Oc2cc(F)c(-c3ccc(-c4cc(F)c(OC(F)(F)F)c(F)c4)c(F)c3)c(F)c2)c(F)c1. The van der Waals surface area contributed by atoms with Gasteiger partial charge in [-0.1, -0.05) is 38.0 Å². The molecule has 0 saturated carbocycles. The minimum absolute atomic E-state index is 0.359. The van der Waals surface area contributed by atoms with Crippen LogP contribution in [0.4, 0.5) is 48.3 Å². The van der Waals surface area contributed by atoms with Crippen LogP contribution in [0.5, 0.6) is 17.2 Å². The summed E-state index contributed by atoms with van der Waals surface area (Å²) >= 11 is 0. The Morgan fingerprint density at radius 3 is 1.80 bits per heavy atom. The fraction of sp³-hybridized carbons (Fsp3) is 0.250. The number of aryl methyl sites for hydroxylation is 1. The molecule has 0 radical (unpaired) electrons. The Morgan fingerprint density at radius 1 is 0.609 bits per heavy atom. The Kier molecular flexibility index (Phi) is 10.4. The van der Waals surface area contributed by atoms with Gasteiger partial charge in [0.25, 0.3) is 0 Å². The Labute approximate surface area is 255 Å². The predicted molar refractivity (Wildman–Crippen MR) is 144 cm³/mol.